The van der Waals surface area contributed by atoms with Gasteiger partial charge < -0.3 is 15.0 Å². The summed E-state index contributed by atoms with van der Waals surface area (Å²) in [5.41, 5.74) is 1.72. The van der Waals surface area contributed by atoms with Crippen LogP contribution in [0.25, 0.3) is 0 Å². The van der Waals surface area contributed by atoms with E-state index in [1.807, 2.05) is 30.3 Å². The Bertz CT molecular complexity index is 1090. The summed E-state index contributed by atoms with van der Waals surface area (Å²) >= 11 is 6.14. The molecule has 0 saturated heterocycles. The normalized spacial score (nSPS) is 10.3. The number of hydrogen-bond acceptors (Lipinski definition) is 5. The zero-order valence-electron chi connectivity index (χ0n) is 16.7. The molecule has 31 heavy (non-hydrogen) atoms. The van der Waals surface area contributed by atoms with Crippen LogP contribution < -0.4 is 10.2 Å². The van der Waals surface area contributed by atoms with Crippen molar-refractivity contribution in [3.63, 3.8) is 0 Å². The standard InChI is InChI=1S/C23H20ClN3O4/c1-27(21(28)14-26-23(30)31-15-16-7-3-2-4-8-16)20-13-25-12-11-18(20)22(29)17-9-5-6-10-19(17)24/h2-13H,14-15H2,1H3,(H,26,30). The number of carbonyl (C=O) groups excluding carboxylic acids is 3. The maximum absolute atomic E-state index is 13.0. The third-order valence-corrected chi connectivity index (χ3v) is 4.82. The van der Waals surface area contributed by atoms with E-state index in [1.54, 1.807) is 24.3 Å². The fourth-order valence-electron chi connectivity index (χ4n) is 2.81. The van der Waals surface area contributed by atoms with Crippen LogP contribution in [0.5, 0.6) is 0 Å². The van der Waals surface area contributed by atoms with Gasteiger partial charge in [-0.15, -0.1) is 0 Å². The van der Waals surface area contributed by atoms with E-state index in [-0.39, 0.29) is 24.5 Å². The second-order valence-electron chi connectivity index (χ2n) is 6.57. The lowest BCUT2D eigenvalue weighted by Crippen LogP contribution is -2.39. The van der Waals surface area contributed by atoms with Crippen LogP contribution in [-0.2, 0) is 16.1 Å². The Hall–Kier alpha value is -3.71. The van der Waals surface area contributed by atoms with Crippen LogP contribution >= 0.6 is 11.6 Å². The van der Waals surface area contributed by atoms with Gasteiger partial charge in [0.2, 0.25) is 5.91 Å². The average Bonchev–Trinajstić information content (AvgIpc) is 2.81. The minimum absolute atomic E-state index is 0.0930. The average molecular weight is 438 g/mol. The molecule has 7 nitrogen and oxygen atoms in total. The van der Waals surface area contributed by atoms with Gasteiger partial charge in [0.15, 0.2) is 5.78 Å². The Morgan fingerprint density at radius 1 is 1.00 bits per heavy atom. The van der Waals surface area contributed by atoms with E-state index in [4.69, 9.17) is 16.3 Å². The quantitative estimate of drug-likeness (QED) is 0.567. The number of anilines is 1. The maximum Gasteiger partial charge on any atom is 0.407 e. The monoisotopic (exact) mass is 437 g/mol. The van der Waals surface area contributed by atoms with Gasteiger partial charge in [-0.1, -0.05) is 54.1 Å². The summed E-state index contributed by atoms with van der Waals surface area (Å²) in [6.07, 6.45) is 2.16. The van der Waals surface area contributed by atoms with Crippen LogP contribution in [0.15, 0.2) is 73.1 Å². The van der Waals surface area contributed by atoms with Crippen molar-refractivity contribution in [2.24, 2.45) is 0 Å². The predicted molar refractivity (Wildman–Crippen MR) is 117 cm³/mol. The van der Waals surface area contributed by atoms with Gasteiger partial charge in [-0.05, 0) is 23.8 Å². The van der Waals surface area contributed by atoms with E-state index in [0.717, 1.165) is 5.56 Å². The molecule has 0 aliphatic carbocycles. The second-order valence-corrected chi connectivity index (χ2v) is 6.98. The third-order valence-electron chi connectivity index (χ3n) is 4.50. The molecule has 3 rings (SSSR count). The molecule has 0 bridgehead atoms. The van der Waals surface area contributed by atoms with Gasteiger partial charge in [-0.3, -0.25) is 14.6 Å². The largest absolute Gasteiger partial charge is 0.445 e. The van der Waals surface area contributed by atoms with Crippen molar-refractivity contribution in [2.75, 3.05) is 18.5 Å². The molecule has 0 radical (unpaired) electrons. The number of carbonyl (C=O) groups is 3. The highest BCUT2D eigenvalue weighted by Gasteiger charge is 2.21. The molecule has 0 unspecified atom stereocenters. The van der Waals surface area contributed by atoms with Crippen LogP contribution in [0.3, 0.4) is 0 Å². The van der Waals surface area contributed by atoms with Gasteiger partial charge in [0.25, 0.3) is 0 Å². The van der Waals surface area contributed by atoms with Gasteiger partial charge in [-0.25, -0.2) is 4.79 Å². The number of likely N-dealkylation sites (N-methyl/N-ethyl adjacent to an activating group) is 1. The van der Waals surface area contributed by atoms with Crippen molar-refractivity contribution in [1.29, 1.82) is 0 Å². The molecule has 0 spiro atoms. The van der Waals surface area contributed by atoms with Crippen LogP contribution in [0.2, 0.25) is 5.02 Å². The molecule has 0 saturated carbocycles. The molecule has 0 aliphatic rings. The van der Waals surface area contributed by atoms with E-state index in [1.165, 1.54) is 30.4 Å². The molecule has 158 valence electrons. The molecule has 1 heterocycles. The zero-order chi connectivity index (χ0) is 22.2. The smallest absolute Gasteiger partial charge is 0.407 e. The number of alkyl carbamates (subject to hydrolysis) is 1. The first kappa shape index (κ1) is 22.0. The molecular formula is C23H20ClN3O4. The maximum atomic E-state index is 13.0. The predicted octanol–water partition coefficient (Wildman–Crippen LogP) is 3.86. The highest BCUT2D eigenvalue weighted by atomic mass is 35.5. The number of benzene rings is 2. The van der Waals surface area contributed by atoms with E-state index >= 15 is 0 Å². The molecule has 0 atom stereocenters. The lowest BCUT2D eigenvalue weighted by atomic mass is 10.0. The minimum Gasteiger partial charge on any atom is -0.445 e. The van der Waals surface area contributed by atoms with Gasteiger partial charge >= 0.3 is 6.09 Å². The van der Waals surface area contributed by atoms with Crippen molar-refractivity contribution in [2.45, 2.75) is 6.61 Å². The van der Waals surface area contributed by atoms with Crippen LogP contribution in [0, 0.1) is 0 Å². The van der Waals surface area contributed by atoms with E-state index < -0.39 is 12.0 Å². The highest BCUT2D eigenvalue weighted by molar-refractivity contribution is 6.35. The number of nitrogens with zero attached hydrogens (tertiary/aromatic N) is 2. The Kier molecular flexibility index (Phi) is 7.35. The first-order valence-corrected chi connectivity index (χ1v) is 9.79. The third kappa shape index (κ3) is 5.67. The summed E-state index contributed by atoms with van der Waals surface area (Å²) in [6, 6.07) is 17.4. The van der Waals surface area contributed by atoms with Crippen LogP contribution in [0.4, 0.5) is 10.5 Å². The Balaban J connectivity index is 1.64. The summed E-state index contributed by atoms with van der Waals surface area (Å²) in [5, 5.41) is 2.73. The second kappa shape index (κ2) is 10.4. The lowest BCUT2D eigenvalue weighted by molar-refractivity contribution is -0.117. The number of halogens is 1. The van der Waals surface area contributed by atoms with E-state index in [2.05, 4.69) is 10.3 Å². The molecule has 2 amide bonds. The van der Waals surface area contributed by atoms with Crippen LogP contribution in [-0.4, -0.2) is 36.4 Å². The highest BCUT2D eigenvalue weighted by Crippen LogP contribution is 2.25. The summed E-state index contributed by atoms with van der Waals surface area (Å²) in [5.74, 6) is -0.782. The van der Waals surface area contributed by atoms with Gasteiger partial charge in [0.1, 0.15) is 13.2 Å². The molecule has 3 aromatic rings. The van der Waals surface area contributed by atoms with Gasteiger partial charge in [0.05, 0.1) is 16.9 Å². The summed E-state index contributed by atoms with van der Waals surface area (Å²) in [6.45, 7) is -0.214. The fourth-order valence-corrected chi connectivity index (χ4v) is 3.03. The Morgan fingerprint density at radius 2 is 1.71 bits per heavy atom. The zero-order valence-corrected chi connectivity index (χ0v) is 17.5. The Labute approximate surface area is 184 Å². The molecular weight excluding hydrogens is 418 g/mol. The number of ether oxygens (including phenoxy) is 1. The first-order valence-electron chi connectivity index (χ1n) is 9.41. The summed E-state index contributed by atoms with van der Waals surface area (Å²) in [4.78, 5) is 42.7. The van der Waals surface area contributed by atoms with Gasteiger partial charge in [0, 0.05) is 24.4 Å². The number of hydrogen-bond donors (Lipinski definition) is 1. The molecule has 1 aromatic heterocycles. The summed E-state index contributed by atoms with van der Waals surface area (Å²) in [7, 11) is 1.50. The first-order chi connectivity index (χ1) is 15.0. The fraction of sp³-hybridized carbons (Fsp3) is 0.130. The SMILES string of the molecule is CN(C(=O)CNC(=O)OCc1ccccc1)c1cnccc1C(=O)c1ccccc1Cl. The van der Waals surface area contributed by atoms with Crippen molar-refractivity contribution in [3.8, 4) is 0 Å². The topological polar surface area (TPSA) is 88.6 Å². The Morgan fingerprint density at radius 3 is 2.45 bits per heavy atom. The lowest BCUT2D eigenvalue weighted by Gasteiger charge is -2.20. The van der Waals surface area contributed by atoms with Crippen molar-refractivity contribution >= 4 is 35.1 Å². The number of amides is 2. The van der Waals surface area contributed by atoms with E-state index in [9.17, 15) is 14.4 Å². The number of rotatable bonds is 7. The van der Waals surface area contributed by atoms with E-state index in [0.29, 0.717) is 16.3 Å². The number of pyridine rings is 1. The van der Waals surface area contributed by atoms with Crippen molar-refractivity contribution < 1.29 is 19.1 Å². The van der Waals surface area contributed by atoms with Crippen LogP contribution in [0.1, 0.15) is 21.5 Å². The summed E-state index contributed by atoms with van der Waals surface area (Å²) < 4.78 is 5.09. The number of ketones is 1. The van der Waals surface area contributed by atoms with Crippen molar-refractivity contribution in [1.82, 2.24) is 10.3 Å². The van der Waals surface area contributed by atoms with Crippen molar-refractivity contribution in [3.05, 3.63) is 94.8 Å². The minimum atomic E-state index is -0.718. The molecule has 2 aromatic carbocycles. The number of nitrogens with one attached hydrogen (secondary N) is 1. The van der Waals surface area contributed by atoms with Gasteiger partial charge in [-0.2, -0.15) is 0 Å². The molecule has 8 heteroatoms. The number of aromatic nitrogens is 1. The molecule has 0 aliphatic heterocycles. The molecule has 0 fully saturated rings. The molecule has 1 N–H and O–H groups in total.